The first-order valence-corrected chi connectivity index (χ1v) is 6.71. The smallest absolute Gasteiger partial charge is 0.180 e. The molecule has 0 radical (unpaired) electrons. The van der Waals surface area contributed by atoms with Crippen molar-refractivity contribution in [3.05, 3.63) is 46.7 Å². The molecular formula is C13H15ClFN3S. The summed E-state index contributed by atoms with van der Waals surface area (Å²) in [5, 5.41) is 4.12. The average molecular weight is 300 g/mol. The quantitative estimate of drug-likeness (QED) is 0.912. The molecule has 19 heavy (non-hydrogen) atoms. The summed E-state index contributed by atoms with van der Waals surface area (Å²) >= 11 is 1.50. The lowest BCUT2D eigenvalue weighted by Crippen LogP contribution is -2.28. The minimum atomic E-state index is -0.190. The van der Waals surface area contributed by atoms with Gasteiger partial charge in [0.1, 0.15) is 5.82 Å². The first-order valence-electron chi connectivity index (χ1n) is 5.89. The van der Waals surface area contributed by atoms with Crippen LogP contribution in [-0.4, -0.2) is 4.98 Å². The van der Waals surface area contributed by atoms with E-state index >= 15 is 0 Å². The van der Waals surface area contributed by atoms with Crippen molar-refractivity contribution in [3.63, 3.8) is 0 Å². The number of hydrogen-bond donors (Lipinski definition) is 2. The lowest BCUT2D eigenvalue weighted by molar-refractivity contribution is 0.520. The number of nitrogens with zero attached hydrogens (tertiary/aromatic N) is 1. The van der Waals surface area contributed by atoms with Gasteiger partial charge in [0.15, 0.2) is 5.13 Å². The number of nitrogen functional groups attached to an aromatic ring is 1. The first-order chi connectivity index (χ1) is 8.68. The van der Waals surface area contributed by atoms with Crippen LogP contribution >= 0.6 is 23.7 Å². The molecule has 3 nitrogen and oxygen atoms in total. The zero-order chi connectivity index (χ0) is 12.6. The zero-order valence-corrected chi connectivity index (χ0v) is 11.9. The number of hydrogen-bond acceptors (Lipinski definition) is 4. The van der Waals surface area contributed by atoms with Gasteiger partial charge in [-0.1, -0.05) is 12.1 Å². The largest absolute Gasteiger partial charge is 0.375 e. The summed E-state index contributed by atoms with van der Waals surface area (Å²) in [4.78, 5) is 5.15. The van der Waals surface area contributed by atoms with Crippen molar-refractivity contribution in [2.45, 2.75) is 24.9 Å². The molecule has 1 saturated carbocycles. The highest BCUT2D eigenvalue weighted by atomic mass is 35.5. The molecule has 0 spiro atoms. The third-order valence-corrected chi connectivity index (χ3v) is 4.15. The van der Waals surface area contributed by atoms with Gasteiger partial charge in [0, 0.05) is 23.2 Å². The fraction of sp³-hybridized carbons (Fsp3) is 0.308. The predicted molar refractivity (Wildman–Crippen MR) is 77.9 cm³/mol. The van der Waals surface area contributed by atoms with Gasteiger partial charge in [-0.15, -0.1) is 23.7 Å². The molecule has 2 aromatic rings. The minimum absolute atomic E-state index is 0. The number of benzene rings is 1. The number of aromatic nitrogens is 1. The lowest BCUT2D eigenvalue weighted by atomic mass is 10.1. The lowest BCUT2D eigenvalue weighted by Gasteiger charge is -2.17. The van der Waals surface area contributed by atoms with Crippen LogP contribution in [0.5, 0.6) is 0 Å². The van der Waals surface area contributed by atoms with E-state index in [0.29, 0.717) is 5.13 Å². The molecule has 3 rings (SSSR count). The summed E-state index contributed by atoms with van der Waals surface area (Å²) in [7, 11) is 0. The minimum Gasteiger partial charge on any atom is -0.375 e. The third kappa shape index (κ3) is 3.05. The number of thiazole rings is 1. The third-order valence-electron chi connectivity index (χ3n) is 3.32. The maximum atomic E-state index is 12.9. The second-order valence-electron chi connectivity index (χ2n) is 4.61. The normalized spacial score (nSPS) is 15.8. The number of rotatable bonds is 4. The Morgan fingerprint density at radius 1 is 1.32 bits per heavy atom. The fourth-order valence-electron chi connectivity index (χ4n) is 2.12. The van der Waals surface area contributed by atoms with E-state index in [2.05, 4.69) is 10.3 Å². The molecule has 3 N–H and O–H groups in total. The first kappa shape index (κ1) is 14.2. The Kier molecular flexibility index (Phi) is 4.08. The fourth-order valence-corrected chi connectivity index (χ4v) is 2.75. The Morgan fingerprint density at radius 3 is 2.53 bits per heavy atom. The van der Waals surface area contributed by atoms with Crippen molar-refractivity contribution in [1.29, 1.82) is 0 Å². The second-order valence-corrected chi connectivity index (χ2v) is 5.75. The Labute approximate surface area is 121 Å². The summed E-state index contributed by atoms with van der Waals surface area (Å²) in [6.45, 7) is 0.756. The SMILES string of the molecule is Cl.Nc1ncc(CNC2(c3ccc(F)cc3)CC2)s1. The van der Waals surface area contributed by atoms with E-state index in [9.17, 15) is 4.39 Å². The van der Waals surface area contributed by atoms with E-state index in [1.807, 2.05) is 12.1 Å². The molecule has 6 heteroatoms. The van der Waals surface area contributed by atoms with Crippen molar-refractivity contribution in [2.24, 2.45) is 0 Å². The molecule has 0 amide bonds. The molecule has 0 unspecified atom stereocenters. The van der Waals surface area contributed by atoms with Crippen LogP contribution < -0.4 is 11.1 Å². The van der Waals surface area contributed by atoms with Crippen molar-refractivity contribution in [2.75, 3.05) is 5.73 Å². The monoisotopic (exact) mass is 299 g/mol. The highest BCUT2D eigenvalue weighted by Crippen LogP contribution is 2.45. The van der Waals surface area contributed by atoms with Gasteiger partial charge in [-0.3, -0.25) is 0 Å². The van der Waals surface area contributed by atoms with Gasteiger partial charge in [0.05, 0.1) is 0 Å². The summed E-state index contributed by atoms with van der Waals surface area (Å²) in [6, 6.07) is 6.75. The van der Waals surface area contributed by atoms with E-state index < -0.39 is 0 Å². The van der Waals surface area contributed by atoms with Crippen LogP contribution in [-0.2, 0) is 12.1 Å². The topological polar surface area (TPSA) is 50.9 Å². The highest BCUT2D eigenvalue weighted by molar-refractivity contribution is 7.15. The van der Waals surface area contributed by atoms with Crippen molar-refractivity contribution in [1.82, 2.24) is 10.3 Å². The molecule has 1 aromatic carbocycles. The molecule has 1 aliphatic rings. The summed E-state index contributed by atoms with van der Waals surface area (Å²) < 4.78 is 12.9. The zero-order valence-electron chi connectivity index (χ0n) is 10.2. The molecule has 0 atom stereocenters. The number of nitrogens with two attached hydrogens (primary N) is 1. The molecule has 0 bridgehead atoms. The van der Waals surface area contributed by atoms with Crippen LogP contribution in [0, 0.1) is 5.82 Å². The number of anilines is 1. The van der Waals surface area contributed by atoms with E-state index in [4.69, 9.17) is 5.73 Å². The van der Waals surface area contributed by atoms with Crippen LogP contribution in [0.15, 0.2) is 30.5 Å². The maximum Gasteiger partial charge on any atom is 0.180 e. The van der Waals surface area contributed by atoms with Crippen LogP contribution in [0.25, 0.3) is 0 Å². The van der Waals surface area contributed by atoms with E-state index in [0.717, 1.165) is 29.8 Å². The van der Waals surface area contributed by atoms with E-state index in [-0.39, 0.29) is 23.8 Å². The second kappa shape index (κ2) is 5.45. The molecule has 102 valence electrons. The number of halogens is 2. The van der Waals surface area contributed by atoms with Crippen LogP contribution in [0.1, 0.15) is 23.3 Å². The van der Waals surface area contributed by atoms with Gasteiger partial charge in [0.2, 0.25) is 0 Å². The maximum absolute atomic E-state index is 12.9. The van der Waals surface area contributed by atoms with E-state index in [1.165, 1.54) is 23.5 Å². The summed E-state index contributed by atoms with van der Waals surface area (Å²) in [6.07, 6.45) is 3.98. The molecule has 1 aromatic heterocycles. The number of nitrogens with one attached hydrogen (secondary N) is 1. The van der Waals surface area contributed by atoms with Crippen LogP contribution in [0.3, 0.4) is 0 Å². The Balaban J connectivity index is 0.00000133. The van der Waals surface area contributed by atoms with E-state index in [1.54, 1.807) is 6.20 Å². The molecule has 0 saturated heterocycles. The molecular weight excluding hydrogens is 285 g/mol. The van der Waals surface area contributed by atoms with Gasteiger partial charge < -0.3 is 11.1 Å². The Hall–Kier alpha value is -1.17. The Morgan fingerprint density at radius 2 is 2.00 bits per heavy atom. The molecule has 1 heterocycles. The van der Waals surface area contributed by atoms with Gasteiger partial charge in [-0.05, 0) is 30.5 Å². The molecule has 1 fully saturated rings. The van der Waals surface area contributed by atoms with Crippen LogP contribution in [0.2, 0.25) is 0 Å². The summed E-state index contributed by atoms with van der Waals surface area (Å²) in [5.41, 5.74) is 6.77. The predicted octanol–water partition coefficient (Wildman–Crippen LogP) is 3.07. The highest BCUT2D eigenvalue weighted by Gasteiger charge is 2.43. The average Bonchev–Trinajstić information content (AvgIpc) is 3.05. The van der Waals surface area contributed by atoms with Gasteiger partial charge in [-0.2, -0.15) is 0 Å². The van der Waals surface area contributed by atoms with Gasteiger partial charge >= 0.3 is 0 Å². The van der Waals surface area contributed by atoms with Crippen molar-refractivity contribution in [3.8, 4) is 0 Å². The van der Waals surface area contributed by atoms with Crippen molar-refractivity contribution < 1.29 is 4.39 Å². The van der Waals surface area contributed by atoms with Gasteiger partial charge in [0.25, 0.3) is 0 Å². The van der Waals surface area contributed by atoms with Crippen LogP contribution in [0.4, 0.5) is 9.52 Å². The summed E-state index contributed by atoms with van der Waals surface area (Å²) in [5.74, 6) is -0.190. The molecule has 1 aliphatic carbocycles. The van der Waals surface area contributed by atoms with Crippen molar-refractivity contribution >= 4 is 28.9 Å². The Bertz CT molecular complexity index is 551. The molecule has 0 aliphatic heterocycles. The standard InChI is InChI=1S/C13H14FN3S.ClH/c14-10-3-1-9(2-4-10)13(5-6-13)17-8-11-7-16-12(15)18-11;/h1-4,7,17H,5-6,8H2,(H2,15,16);1H. The van der Waals surface area contributed by atoms with Gasteiger partial charge in [-0.25, -0.2) is 9.37 Å².